The van der Waals surface area contributed by atoms with E-state index in [2.05, 4.69) is 20.9 Å². The van der Waals surface area contributed by atoms with E-state index < -0.39 is 0 Å². The summed E-state index contributed by atoms with van der Waals surface area (Å²) in [6.07, 6.45) is 0. The van der Waals surface area contributed by atoms with Crippen molar-refractivity contribution in [3.8, 4) is 10.6 Å². The van der Waals surface area contributed by atoms with Crippen molar-refractivity contribution >= 4 is 45.5 Å². The third kappa shape index (κ3) is 5.48. The molecule has 0 radical (unpaired) electrons. The van der Waals surface area contributed by atoms with Crippen molar-refractivity contribution in [2.24, 2.45) is 0 Å². The summed E-state index contributed by atoms with van der Waals surface area (Å²) >= 11 is 2.84. The van der Waals surface area contributed by atoms with Crippen LogP contribution in [0.3, 0.4) is 0 Å². The Morgan fingerprint density at radius 2 is 1.82 bits per heavy atom. The lowest BCUT2D eigenvalue weighted by molar-refractivity contribution is -0.119. The summed E-state index contributed by atoms with van der Waals surface area (Å²) in [5, 5.41) is 10.3. The normalized spacial score (nSPS) is 10.3. The molecule has 7 nitrogen and oxygen atoms in total. The highest BCUT2D eigenvalue weighted by Crippen LogP contribution is 2.30. The van der Waals surface area contributed by atoms with Gasteiger partial charge in [0.1, 0.15) is 0 Å². The Bertz CT molecular complexity index is 982. The standard InChI is InChI=1S/C19H18N4O3S2/c1-12(24)20-9-14-7-8-16(28-14)15-11-27-19(22-15)23-17(25)10-21-18(26)13-5-3-2-4-6-13/h2-8,11H,9-10H2,1H3,(H,20,24)(H,21,26)(H,22,23,25). The predicted molar refractivity (Wildman–Crippen MR) is 110 cm³/mol. The fraction of sp³-hybridized carbons (Fsp3) is 0.158. The molecule has 9 heteroatoms. The Balaban J connectivity index is 1.52. The van der Waals surface area contributed by atoms with Crippen LogP contribution in [0, 0.1) is 0 Å². The molecular weight excluding hydrogens is 396 g/mol. The molecule has 0 atom stereocenters. The number of nitrogens with zero attached hydrogens (tertiary/aromatic N) is 1. The van der Waals surface area contributed by atoms with Gasteiger partial charge in [-0.25, -0.2) is 4.98 Å². The van der Waals surface area contributed by atoms with Crippen molar-refractivity contribution in [2.75, 3.05) is 11.9 Å². The van der Waals surface area contributed by atoms with Gasteiger partial charge < -0.3 is 16.0 Å². The number of benzene rings is 1. The molecule has 0 aliphatic rings. The number of rotatable bonds is 7. The molecule has 0 bridgehead atoms. The molecule has 3 aromatic rings. The molecule has 0 aliphatic carbocycles. The third-order valence-corrected chi connectivity index (χ3v) is 5.49. The van der Waals surface area contributed by atoms with Gasteiger partial charge in [0.2, 0.25) is 11.8 Å². The minimum absolute atomic E-state index is 0.0760. The molecule has 2 heterocycles. The second kappa shape index (κ2) is 9.25. The Morgan fingerprint density at radius 3 is 2.57 bits per heavy atom. The molecule has 144 valence electrons. The van der Waals surface area contributed by atoms with E-state index in [0.29, 0.717) is 17.2 Å². The average molecular weight is 415 g/mol. The number of hydrogen-bond acceptors (Lipinski definition) is 6. The summed E-state index contributed by atoms with van der Waals surface area (Å²) in [5.41, 5.74) is 1.26. The van der Waals surface area contributed by atoms with Crippen LogP contribution >= 0.6 is 22.7 Å². The van der Waals surface area contributed by atoms with E-state index >= 15 is 0 Å². The van der Waals surface area contributed by atoms with E-state index in [1.165, 1.54) is 29.6 Å². The van der Waals surface area contributed by atoms with Gasteiger partial charge >= 0.3 is 0 Å². The van der Waals surface area contributed by atoms with E-state index in [-0.39, 0.29) is 24.3 Å². The van der Waals surface area contributed by atoms with Crippen LogP contribution in [0.4, 0.5) is 5.13 Å². The first kappa shape index (κ1) is 19.7. The van der Waals surface area contributed by atoms with Gasteiger partial charge in [0.15, 0.2) is 5.13 Å². The zero-order valence-corrected chi connectivity index (χ0v) is 16.7. The second-order valence-electron chi connectivity index (χ2n) is 5.81. The molecule has 1 aromatic carbocycles. The largest absolute Gasteiger partial charge is 0.351 e. The number of carbonyl (C=O) groups excluding carboxylic acids is 3. The van der Waals surface area contributed by atoms with Crippen molar-refractivity contribution in [1.29, 1.82) is 0 Å². The van der Waals surface area contributed by atoms with E-state index in [0.717, 1.165) is 15.4 Å². The number of carbonyl (C=O) groups is 3. The van der Waals surface area contributed by atoms with Crippen LogP contribution in [0.5, 0.6) is 0 Å². The summed E-state index contributed by atoms with van der Waals surface area (Å²) in [6.45, 7) is 1.82. The van der Waals surface area contributed by atoms with Gasteiger partial charge in [-0.2, -0.15) is 0 Å². The van der Waals surface area contributed by atoms with E-state index in [1.54, 1.807) is 24.3 Å². The van der Waals surface area contributed by atoms with Crippen LogP contribution in [-0.4, -0.2) is 29.3 Å². The fourth-order valence-electron chi connectivity index (χ4n) is 2.28. The molecule has 0 aliphatic heterocycles. The molecule has 3 N–H and O–H groups in total. The van der Waals surface area contributed by atoms with Crippen molar-refractivity contribution in [3.63, 3.8) is 0 Å². The number of anilines is 1. The van der Waals surface area contributed by atoms with Crippen molar-refractivity contribution in [2.45, 2.75) is 13.5 Å². The SMILES string of the molecule is CC(=O)NCc1ccc(-c2csc(NC(=O)CNC(=O)c3ccccc3)n2)s1. The minimum Gasteiger partial charge on any atom is -0.351 e. The molecule has 0 saturated carbocycles. The summed E-state index contributed by atoms with van der Waals surface area (Å²) < 4.78 is 0. The Labute approximate surface area is 169 Å². The first-order chi connectivity index (χ1) is 13.5. The van der Waals surface area contributed by atoms with E-state index in [1.807, 2.05) is 23.6 Å². The highest BCUT2D eigenvalue weighted by molar-refractivity contribution is 7.17. The maximum Gasteiger partial charge on any atom is 0.251 e. The number of aromatic nitrogens is 1. The molecule has 0 unspecified atom stereocenters. The van der Waals surface area contributed by atoms with Crippen LogP contribution in [0.25, 0.3) is 10.6 Å². The minimum atomic E-state index is -0.345. The quantitative estimate of drug-likeness (QED) is 0.553. The Morgan fingerprint density at radius 1 is 1.04 bits per heavy atom. The van der Waals surface area contributed by atoms with Gasteiger partial charge in [-0.3, -0.25) is 14.4 Å². The van der Waals surface area contributed by atoms with Crippen LogP contribution in [0.1, 0.15) is 22.2 Å². The number of hydrogen-bond donors (Lipinski definition) is 3. The number of amides is 3. The lowest BCUT2D eigenvalue weighted by Gasteiger charge is -2.04. The molecule has 0 fully saturated rings. The van der Waals surface area contributed by atoms with Crippen LogP contribution < -0.4 is 16.0 Å². The molecule has 3 amide bonds. The Hall–Kier alpha value is -3.04. The first-order valence-electron chi connectivity index (χ1n) is 8.43. The highest BCUT2D eigenvalue weighted by atomic mass is 32.1. The van der Waals surface area contributed by atoms with Crippen molar-refractivity contribution in [3.05, 3.63) is 58.3 Å². The fourth-order valence-corrected chi connectivity index (χ4v) is 3.99. The van der Waals surface area contributed by atoms with Crippen LogP contribution in [-0.2, 0) is 16.1 Å². The number of thiazole rings is 1. The zero-order chi connectivity index (χ0) is 19.9. The third-order valence-electron chi connectivity index (χ3n) is 3.62. The summed E-state index contributed by atoms with van der Waals surface area (Å²) in [4.78, 5) is 41.4. The second-order valence-corrected chi connectivity index (χ2v) is 7.84. The van der Waals surface area contributed by atoms with Crippen LogP contribution in [0.2, 0.25) is 0 Å². The van der Waals surface area contributed by atoms with Gasteiger partial charge in [-0.1, -0.05) is 18.2 Å². The average Bonchev–Trinajstić information content (AvgIpc) is 3.34. The number of nitrogens with one attached hydrogen (secondary N) is 3. The van der Waals surface area contributed by atoms with Gasteiger partial charge in [0.25, 0.3) is 5.91 Å². The summed E-state index contributed by atoms with van der Waals surface area (Å²) in [6, 6.07) is 12.6. The van der Waals surface area contributed by atoms with E-state index in [4.69, 9.17) is 0 Å². The molecule has 3 rings (SSSR count). The Kier molecular flexibility index (Phi) is 6.51. The summed E-state index contributed by atoms with van der Waals surface area (Å²) in [7, 11) is 0. The topological polar surface area (TPSA) is 100 Å². The summed E-state index contributed by atoms with van der Waals surface area (Å²) in [5.74, 6) is -0.725. The van der Waals surface area contributed by atoms with Gasteiger partial charge in [-0.05, 0) is 24.3 Å². The van der Waals surface area contributed by atoms with Crippen LogP contribution in [0.15, 0.2) is 47.8 Å². The van der Waals surface area contributed by atoms with Gasteiger partial charge in [0, 0.05) is 22.7 Å². The molecule has 28 heavy (non-hydrogen) atoms. The lowest BCUT2D eigenvalue weighted by Crippen LogP contribution is -2.32. The smallest absolute Gasteiger partial charge is 0.251 e. The first-order valence-corrected chi connectivity index (χ1v) is 10.1. The van der Waals surface area contributed by atoms with Gasteiger partial charge in [-0.15, -0.1) is 22.7 Å². The van der Waals surface area contributed by atoms with Gasteiger partial charge in [0.05, 0.1) is 23.7 Å². The lowest BCUT2D eigenvalue weighted by atomic mass is 10.2. The van der Waals surface area contributed by atoms with Crippen molar-refractivity contribution < 1.29 is 14.4 Å². The molecular formula is C19H18N4O3S2. The highest BCUT2D eigenvalue weighted by Gasteiger charge is 2.12. The maximum atomic E-state index is 12.1. The molecule has 2 aromatic heterocycles. The number of thiophene rings is 1. The zero-order valence-electron chi connectivity index (χ0n) is 15.0. The monoisotopic (exact) mass is 414 g/mol. The predicted octanol–water partition coefficient (Wildman–Crippen LogP) is 2.88. The van der Waals surface area contributed by atoms with Crippen molar-refractivity contribution in [1.82, 2.24) is 15.6 Å². The van der Waals surface area contributed by atoms with E-state index in [9.17, 15) is 14.4 Å². The molecule has 0 saturated heterocycles. The molecule has 0 spiro atoms. The maximum absolute atomic E-state index is 12.1.